The summed E-state index contributed by atoms with van der Waals surface area (Å²) in [7, 11) is 0. The van der Waals surface area contributed by atoms with Crippen molar-refractivity contribution in [2.45, 2.75) is 46.2 Å². The van der Waals surface area contributed by atoms with Gasteiger partial charge < -0.3 is 5.32 Å². The number of nitrogens with zero attached hydrogens (tertiary/aromatic N) is 1. The first-order valence-electron chi connectivity index (χ1n) is 9.76. The molecular weight excluding hydrogens is 400 g/mol. The van der Waals surface area contributed by atoms with Crippen LogP contribution in [-0.2, 0) is 11.3 Å². The zero-order valence-corrected chi connectivity index (χ0v) is 18.1. The molecule has 1 aliphatic heterocycles. The molecule has 144 valence electrons. The van der Waals surface area contributed by atoms with Gasteiger partial charge in [0, 0.05) is 16.9 Å². The number of hydrogen-bond donors (Lipinski definition) is 1. The number of piperidine rings is 1. The number of benzene rings is 2. The van der Waals surface area contributed by atoms with Crippen LogP contribution >= 0.6 is 15.9 Å². The van der Waals surface area contributed by atoms with Crippen LogP contribution in [0.25, 0.3) is 0 Å². The van der Waals surface area contributed by atoms with Crippen molar-refractivity contribution in [3.63, 3.8) is 0 Å². The maximum atomic E-state index is 12.7. The highest BCUT2D eigenvalue weighted by Gasteiger charge is 2.26. The second-order valence-corrected chi connectivity index (χ2v) is 8.67. The number of carbonyl (C=O) groups is 1. The molecule has 3 rings (SSSR count). The van der Waals surface area contributed by atoms with Gasteiger partial charge in [-0.3, -0.25) is 9.69 Å². The molecule has 27 heavy (non-hydrogen) atoms. The highest BCUT2D eigenvalue weighted by atomic mass is 79.9. The van der Waals surface area contributed by atoms with Crippen LogP contribution in [-0.4, -0.2) is 23.9 Å². The Labute approximate surface area is 171 Å². The molecule has 1 heterocycles. The first kappa shape index (κ1) is 20.1. The molecular formula is C23H29BrN2O. The summed E-state index contributed by atoms with van der Waals surface area (Å²) < 4.78 is 1.11. The fourth-order valence-corrected chi connectivity index (χ4v) is 3.91. The summed E-state index contributed by atoms with van der Waals surface area (Å²) in [5, 5.41) is 3.22. The smallest absolute Gasteiger partial charge is 0.223 e. The lowest BCUT2D eigenvalue weighted by molar-refractivity contribution is -0.127. The molecule has 1 fully saturated rings. The van der Waals surface area contributed by atoms with Crippen LogP contribution in [0.5, 0.6) is 0 Å². The first-order valence-corrected chi connectivity index (χ1v) is 10.6. The minimum Gasteiger partial charge on any atom is -0.349 e. The maximum absolute atomic E-state index is 12.7. The van der Waals surface area contributed by atoms with Gasteiger partial charge in [0.25, 0.3) is 0 Å². The molecule has 0 bridgehead atoms. The van der Waals surface area contributed by atoms with Crippen LogP contribution in [0.4, 0.5) is 0 Å². The molecule has 2 aromatic carbocycles. The van der Waals surface area contributed by atoms with Crippen molar-refractivity contribution in [1.29, 1.82) is 0 Å². The Bertz CT molecular complexity index is 779. The van der Waals surface area contributed by atoms with Crippen LogP contribution in [0, 0.1) is 19.8 Å². The van der Waals surface area contributed by atoms with Crippen molar-refractivity contribution in [3.8, 4) is 0 Å². The summed E-state index contributed by atoms with van der Waals surface area (Å²) in [6, 6.07) is 15.0. The standard InChI is InChI=1S/C23H29BrN2O/c1-16-4-7-21(14-17(16)2)18(3)25-23(27)20-10-12-26(13-11-20)15-19-5-8-22(24)9-6-19/h4-9,14,18,20H,10-13,15H2,1-3H3,(H,25,27)/t18-/m1/s1. The summed E-state index contributed by atoms with van der Waals surface area (Å²) >= 11 is 3.48. The summed E-state index contributed by atoms with van der Waals surface area (Å²) in [5.74, 6) is 0.323. The van der Waals surface area contributed by atoms with E-state index >= 15 is 0 Å². The average molecular weight is 429 g/mol. The van der Waals surface area contributed by atoms with Crippen LogP contribution in [0.3, 0.4) is 0 Å². The molecule has 4 heteroatoms. The number of carbonyl (C=O) groups excluding carboxylic acids is 1. The van der Waals surface area contributed by atoms with E-state index in [-0.39, 0.29) is 17.9 Å². The molecule has 0 aliphatic carbocycles. The Morgan fingerprint density at radius 1 is 1.11 bits per heavy atom. The van der Waals surface area contributed by atoms with Gasteiger partial charge in [0.15, 0.2) is 0 Å². The highest BCUT2D eigenvalue weighted by molar-refractivity contribution is 9.10. The summed E-state index contributed by atoms with van der Waals surface area (Å²) in [6.07, 6.45) is 1.87. The SMILES string of the molecule is Cc1ccc([C@@H](C)NC(=O)C2CCN(Cc3ccc(Br)cc3)CC2)cc1C. The molecule has 2 aromatic rings. The van der Waals surface area contributed by atoms with Crippen LogP contribution in [0.1, 0.15) is 48.1 Å². The molecule has 1 amide bonds. The molecule has 0 saturated carbocycles. The Morgan fingerprint density at radius 2 is 1.78 bits per heavy atom. The largest absolute Gasteiger partial charge is 0.349 e. The van der Waals surface area contributed by atoms with E-state index in [0.717, 1.165) is 36.9 Å². The Hall–Kier alpha value is -1.65. The van der Waals surface area contributed by atoms with Gasteiger partial charge in [-0.25, -0.2) is 0 Å². The summed E-state index contributed by atoms with van der Waals surface area (Å²) in [4.78, 5) is 15.1. The van der Waals surface area contributed by atoms with Crippen molar-refractivity contribution < 1.29 is 4.79 Å². The molecule has 0 radical (unpaired) electrons. The Kier molecular flexibility index (Phi) is 6.72. The van der Waals surface area contributed by atoms with E-state index in [1.807, 2.05) is 0 Å². The van der Waals surface area contributed by atoms with Gasteiger partial charge >= 0.3 is 0 Å². The topological polar surface area (TPSA) is 32.3 Å². The fourth-order valence-electron chi connectivity index (χ4n) is 3.65. The van der Waals surface area contributed by atoms with Gasteiger partial charge in [0.2, 0.25) is 5.91 Å². The van der Waals surface area contributed by atoms with Gasteiger partial charge in [-0.2, -0.15) is 0 Å². The third kappa shape index (κ3) is 5.43. The zero-order chi connectivity index (χ0) is 19.4. The number of nitrogens with one attached hydrogen (secondary N) is 1. The molecule has 1 aliphatic rings. The quantitative estimate of drug-likeness (QED) is 0.713. The van der Waals surface area contributed by atoms with Gasteiger partial charge in [-0.1, -0.05) is 46.3 Å². The Morgan fingerprint density at radius 3 is 2.41 bits per heavy atom. The minimum absolute atomic E-state index is 0.0533. The number of hydrogen-bond acceptors (Lipinski definition) is 2. The van der Waals surface area contributed by atoms with E-state index in [4.69, 9.17) is 0 Å². The zero-order valence-electron chi connectivity index (χ0n) is 16.5. The molecule has 1 atom stereocenters. The molecule has 0 unspecified atom stereocenters. The van der Waals surface area contributed by atoms with E-state index in [9.17, 15) is 4.79 Å². The van der Waals surface area contributed by atoms with E-state index in [1.54, 1.807) is 0 Å². The molecule has 3 nitrogen and oxygen atoms in total. The number of halogens is 1. The minimum atomic E-state index is 0.0533. The number of aryl methyl sites for hydroxylation is 2. The number of amides is 1. The monoisotopic (exact) mass is 428 g/mol. The number of likely N-dealkylation sites (tertiary alicyclic amines) is 1. The van der Waals surface area contributed by atoms with E-state index in [0.29, 0.717) is 0 Å². The lowest BCUT2D eigenvalue weighted by Gasteiger charge is -2.32. The van der Waals surface area contributed by atoms with E-state index < -0.39 is 0 Å². The predicted octanol–water partition coefficient (Wildman–Crippen LogP) is 5.16. The molecule has 1 saturated heterocycles. The van der Waals surface area contributed by atoms with E-state index in [2.05, 4.69) is 89.4 Å². The summed E-state index contributed by atoms with van der Waals surface area (Å²) in [5.41, 5.74) is 5.06. The van der Waals surface area contributed by atoms with Crippen LogP contribution in [0.2, 0.25) is 0 Å². The number of rotatable bonds is 5. The average Bonchev–Trinajstić information content (AvgIpc) is 2.66. The summed E-state index contributed by atoms with van der Waals surface area (Å²) in [6.45, 7) is 9.22. The van der Waals surface area contributed by atoms with Crippen LogP contribution < -0.4 is 5.32 Å². The van der Waals surface area contributed by atoms with Gasteiger partial charge in [0.1, 0.15) is 0 Å². The third-order valence-corrected chi connectivity index (χ3v) is 6.20. The van der Waals surface area contributed by atoms with Crippen molar-refractivity contribution in [2.75, 3.05) is 13.1 Å². The highest BCUT2D eigenvalue weighted by Crippen LogP contribution is 2.22. The molecule has 1 N–H and O–H groups in total. The first-order chi connectivity index (χ1) is 12.9. The van der Waals surface area contributed by atoms with E-state index in [1.165, 1.54) is 22.3 Å². The predicted molar refractivity (Wildman–Crippen MR) is 115 cm³/mol. The third-order valence-electron chi connectivity index (χ3n) is 5.67. The van der Waals surface area contributed by atoms with Gasteiger partial charge in [-0.05, 0) is 81.1 Å². The fraction of sp³-hybridized carbons (Fsp3) is 0.435. The Balaban J connectivity index is 1.49. The second-order valence-electron chi connectivity index (χ2n) is 7.75. The molecule has 0 spiro atoms. The lowest BCUT2D eigenvalue weighted by Crippen LogP contribution is -2.40. The molecule has 0 aromatic heterocycles. The lowest BCUT2D eigenvalue weighted by atomic mass is 9.94. The van der Waals surface area contributed by atoms with Crippen molar-refractivity contribution in [1.82, 2.24) is 10.2 Å². The maximum Gasteiger partial charge on any atom is 0.223 e. The van der Waals surface area contributed by atoms with Gasteiger partial charge in [0.05, 0.1) is 6.04 Å². The second kappa shape index (κ2) is 9.03. The van der Waals surface area contributed by atoms with Gasteiger partial charge in [-0.15, -0.1) is 0 Å². The van der Waals surface area contributed by atoms with Crippen molar-refractivity contribution >= 4 is 21.8 Å². The normalized spacial score (nSPS) is 16.9. The van der Waals surface area contributed by atoms with Crippen LogP contribution in [0.15, 0.2) is 46.9 Å². The van der Waals surface area contributed by atoms with Crippen molar-refractivity contribution in [2.24, 2.45) is 5.92 Å². The van der Waals surface area contributed by atoms with Crippen molar-refractivity contribution in [3.05, 3.63) is 69.2 Å².